The van der Waals surface area contributed by atoms with E-state index in [1.807, 2.05) is 50.5 Å². The Bertz CT molecular complexity index is 1670. The maximum Gasteiger partial charge on any atom is 0.416 e. The van der Waals surface area contributed by atoms with Crippen LogP contribution in [-0.4, -0.2) is 95.2 Å². The SMILES string of the molecule is COC(=C=O)C[C@H](CN1CC2(CCN(Cc3ccc4c(n3)N(C(=O)OC(C)(C)C)CCO4)CC2)C1)c1cccc(-n2nc(C)cc2C)c1. The van der Waals surface area contributed by atoms with E-state index in [0.29, 0.717) is 42.3 Å². The molecule has 0 aliphatic carbocycles. The topological polar surface area (TPSA) is 102 Å². The van der Waals surface area contributed by atoms with Gasteiger partial charge in [-0.05, 0) is 102 Å². The molecule has 256 valence electrons. The van der Waals surface area contributed by atoms with Crippen molar-refractivity contribution in [2.75, 3.05) is 57.9 Å². The number of piperidine rings is 1. The first-order valence-electron chi connectivity index (χ1n) is 16.9. The Morgan fingerprint density at radius 1 is 1.06 bits per heavy atom. The van der Waals surface area contributed by atoms with Gasteiger partial charge < -0.3 is 19.1 Å². The molecular weight excluding hydrogens is 608 g/mol. The molecule has 2 saturated heterocycles. The molecule has 1 aromatic carbocycles. The number of anilines is 1. The molecule has 48 heavy (non-hydrogen) atoms. The largest absolute Gasteiger partial charge is 0.490 e. The summed E-state index contributed by atoms with van der Waals surface area (Å²) in [6.07, 6.45) is 2.35. The Balaban J connectivity index is 1.07. The van der Waals surface area contributed by atoms with E-state index in [0.717, 1.165) is 80.4 Å². The van der Waals surface area contributed by atoms with E-state index >= 15 is 0 Å². The molecule has 1 spiro atoms. The van der Waals surface area contributed by atoms with Crippen LogP contribution in [-0.2, 0) is 20.8 Å². The van der Waals surface area contributed by atoms with Gasteiger partial charge in [-0.15, -0.1) is 0 Å². The number of hydrogen-bond acceptors (Lipinski definition) is 9. The normalized spacial score (nSPS) is 18.3. The van der Waals surface area contributed by atoms with Crippen LogP contribution in [0.25, 0.3) is 5.69 Å². The Kier molecular flexibility index (Phi) is 9.65. The molecule has 2 aromatic heterocycles. The summed E-state index contributed by atoms with van der Waals surface area (Å²) in [5.74, 6) is 3.58. The number of carbonyl (C=O) groups excluding carboxylic acids is 2. The number of hydrogen-bond donors (Lipinski definition) is 0. The van der Waals surface area contributed by atoms with Gasteiger partial charge in [0.15, 0.2) is 23.3 Å². The minimum atomic E-state index is -0.585. The fraction of sp³-hybridized carbons (Fsp3) is 0.541. The minimum Gasteiger partial charge on any atom is -0.490 e. The Labute approximate surface area is 283 Å². The lowest BCUT2D eigenvalue weighted by atomic mass is 9.71. The predicted octanol–water partition coefficient (Wildman–Crippen LogP) is 5.45. The number of allylic oxidation sites excluding steroid dienone is 1. The molecule has 5 heterocycles. The summed E-state index contributed by atoms with van der Waals surface area (Å²) in [7, 11) is 1.54. The van der Waals surface area contributed by atoms with Crippen molar-refractivity contribution in [3.8, 4) is 11.4 Å². The van der Waals surface area contributed by atoms with E-state index in [9.17, 15) is 9.59 Å². The van der Waals surface area contributed by atoms with E-state index in [2.05, 4.69) is 52.2 Å². The quantitative estimate of drug-likeness (QED) is 0.220. The molecule has 11 nitrogen and oxygen atoms in total. The number of carbonyl (C=O) groups is 1. The van der Waals surface area contributed by atoms with Gasteiger partial charge in [0, 0.05) is 44.2 Å². The van der Waals surface area contributed by atoms with E-state index < -0.39 is 11.7 Å². The van der Waals surface area contributed by atoms with Crippen molar-refractivity contribution in [2.45, 2.75) is 71.9 Å². The molecule has 0 radical (unpaired) electrons. The lowest BCUT2D eigenvalue weighted by molar-refractivity contribution is -0.0508. The maximum absolute atomic E-state index is 12.9. The summed E-state index contributed by atoms with van der Waals surface area (Å²) in [4.78, 5) is 35.9. The second-order valence-electron chi connectivity index (χ2n) is 14.6. The highest BCUT2D eigenvalue weighted by Crippen LogP contribution is 2.42. The standard InChI is InChI=1S/C37H48N6O5/c1-26-18-27(2)43(39-26)31-9-7-8-28(19-31)29(20-32(23-44)46-6)21-41-24-37(25-41)12-14-40(15-13-37)22-30-10-11-33-34(38-30)42(16-17-47-33)35(45)48-36(3,4)5/h7-11,18-19,29H,12-17,20-22,24-25H2,1-6H3/t29-/m1/s1. The molecule has 11 heteroatoms. The van der Waals surface area contributed by atoms with E-state index in [1.54, 1.807) is 12.0 Å². The van der Waals surface area contributed by atoms with Crippen LogP contribution < -0.4 is 9.64 Å². The second kappa shape index (κ2) is 13.7. The highest BCUT2D eigenvalue weighted by molar-refractivity contribution is 5.89. The molecule has 0 N–H and O–H groups in total. The van der Waals surface area contributed by atoms with Gasteiger partial charge >= 0.3 is 6.09 Å². The van der Waals surface area contributed by atoms with Crippen molar-refractivity contribution in [2.24, 2.45) is 5.41 Å². The summed E-state index contributed by atoms with van der Waals surface area (Å²) >= 11 is 0. The number of aromatic nitrogens is 3. The zero-order chi connectivity index (χ0) is 34.1. The van der Waals surface area contributed by atoms with Crippen LogP contribution in [0, 0.1) is 19.3 Å². The number of methoxy groups -OCH3 is 1. The number of nitrogens with zero attached hydrogens (tertiary/aromatic N) is 6. The number of amides is 1. The zero-order valence-corrected chi connectivity index (χ0v) is 29.1. The Morgan fingerprint density at radius 2 is 1.83 bits per heavy atom. The number of benzene rings is 1. The molecule has 1 atom stereocenters. The lowest BCUT2D eigenvalue weighted by Crippen LogP contribution is -2.60. The third kappa shape index (κ3) is 7.59. The van der Waals surface area contributed by atoms with Crippen LogP contribution in [0.2, 0.25) is 0 Å². The van der Waals surface area contributed by atoms with Gasteiger partial charge in [-0.25, -0.2) is 19.3 Å². The molecule has 0 bridgehead atoms. The molecule has 2 fully saturated rings. The van der Waals surface area contributed by atoms with Gasteiger partial charge in [-0.3, -0.25) is 9.80 Å². The van der Waals surface area contributed by atoms with Crippen LogP contribution in [0.4, 0.5) is 10.6 Å². The summed E-state index contributed by atoms with van der Waals surface area (Å²) in [5.41, 5.74) is 4.89. The fourth-order valence-corrected chi connectivity index (χ4v) is 7.27. The number of rotatable bonds is 9. The number of likely N-dealkylation sites (tertiary alicyclic amines) is 2. The van der Waals surface area contributed by atoms with Gasteiger partial charge in [-0.2, -0.15) is 5.10 Å². The highest BCUT2D eigenvalue weighted by atomic mass is 16.6. The first kappa shape index (κ1) is 33.7. The predicted molar refractivity (Wildman–Crippen MR) is 183 cm³/mol. The second-order valence-corrected chi connectivity index (χ2v) is 14.6. The number of pyridine rings is 1. The summed E-state index contributed by atoms with van der Waals surface area (Å²) in [6.45, 7) is 16.1. The molecule has 3 aliphatic rings. The van der Waals surface area contributed by atoms with Crippen molar-refractivity contribution >= 4 is 17.9 Å². The van der Waals surface area contributed by atoms with Crippen molar-refractivity contribution in [3.63, 3.8) is 0 Å². The molecule has 3 aliphatic heterocycles. The van der Waals surface area contributed by atoms with E-state index in [-0.39, 0.29) is 5.92 Å². The first-order chi connectivity index (χ1) is 22.9. The van der Waals surface area contributed by atoms with Crippen molar-refractivity contribution < 1.29 is 23.8 Å². The summed E-state index contributed by atoms with van der Waals surface area (Å²) in [5, 5.41) is 4.67. The van der Waals surface area contributed by atoms with Crippen molar-refractivity contribution in [1.82, 2.24) is 24.6 Å². The number of aryl methyl sites for hydroxylation is 2. The molecule has 0 saturated carbocycles. The third-order valence-corrected chi connectivity index (χ3v) is 9.63. The Morgan fingerprint density at radius 3 is 2.50 bits per heavy atom. The van der Waals surface area contributed by atoms with Crippen LogP contribution in [0.3, 0.4) is 0 Å². The van der Waals surface area contributed by atoms with Crippen LogP contribution in [0.15, 0.2) is 48.2 Å². The van der Waals surface area contributed by atoms with Crippen LogP contribution in [0.1, 0.15) is 68.6 Å². The zero-order valence-electron chi connectivity index (χ0n) is 29.1. The van der Waals surface area contributed by atoms with Gasteiger partial charge in [0.1, 0.15) is 12.2 Å². The van der Waals surface area contributed by atoms with Gasteiger partial charge in [-0.1, -0.05) is 12.1 Å². The molecule has 6 rings (SSSR count). The average Bonchev–Trinajstić information content (AvgIpc) is 3.39. The monoisotopic (exact) mass is 656 g/mol. The van der Waals surface area contributed by atoms with Gasteiger partial charge in [0.25, 0.3) is 0 Å². The number of ether oxygens (including phenoxy) is 3. The van der Waals surface area contributed by atoms with E-state index in [4.69, 9.17) is 19.2 Å². The lowest BCUT2D eigenvalue weighted by Gasteiger charge is -2.55. The van der Waals surface area contributed by atoms with Gasteiger partial charge in [0.2, 0.25) is 0 Å². The summed E-state index contributed by atoms with van der Waals surface area (Å²) in [6, 6.07) is 14.5. The van der Waals surface area contributed by atoms with E-state index in [1.165, 1.54) is 0 Å². The number of fused-ring (bicyclic) bond motifs is 1. The first-order valence-corrected chi connectivity index (χ1v) is 16.9. The van der Waals surface area contributed by atoms with Crippen molar-refractivity contribution in [1.29, 1.82) is 0 Å². The highest BCUT2D eigenvalue weighted by Gasteiger charge is 2.45. The maximum atomic E-state index is 12.9. The Hall–Kier alpha value is -4.18. The fourth-order valence-electron chi connectivity index (χ4n) is 7.27. The van der Waals surface area contributed by atoms with Crippen LogP contribution >= 0.6 is 0 Å². The third-order valence-electron chi connectivity index (χ3n) is 9.63. The molecular formula is C37H48N6O5. The average molecular weight is 657 g/mol. The summed E-state index contributed by atoms with van der Waals surface area (Å²) < 4.78 is 18.8. The molecule has 3 aromatic rings. The smallest absolute Gasteiger partial charge is 0.416 e. The van der Waals surface area contributed by atoms with Crippen LogP contribution in [0.5, 0.6) is 5.75 Å². The molecule has 0 unspecified atom stereocenters. The molecule has 1 amide bonds. The van der Waals surface area contributed by atoms with Crippen molar-refractivity contribution in [3.05, 3.63) is 70.9 Å². The minimum absolute atomic E-state index is 0.0927. The van der Waals surface area contributed by atoms with Gasteiger partial charge in [0.05, 0.1) is 30.7 Å².